The average molecular weight is 482 g/mol. The van der Waals surface area contributed by atoms with Crippen LogP contribution < -0.4 is 16.4 Å². The topological polar surface area (TPSA) is 128 Å². The Hall–Kier alpha value is -4.60. The summed E-state index contributed by atoms with van der Waals surface area (Å²) in [5.74, 6) is 0.434. The van der Waals surface area contributed by atoms with Crippen LogP contribution >= 0.6 is 0 Å². The Kier molecular flexibility index (Phi) is 5.40. The molecule has 0 atom stereocenters. The molecule has 180 valence electrons. The maximum atomic E-state index is 13.2. The number of carbonyl (C=O) groups is 1. The number of fused-ring (bicyclic) bond motifs is 3. The number of nitrogens with zero attached hydrogens (tertiary/aromatic N) is 5. The fourth-order valence-corrected chi connectivity index (χ4v) is 4.73. The van der Waals surface area contributed by atoms with Crippen LogP contribution in [-0.2, 0) is 13.0 Å². The van der Waals surface area contributed by atoms with Crippen LogP contribution in [0.5, 0.6) is 0 Å². The second kappa shape index (κ2) is 8.88. The highest BCUT2D eigenvalue weighted by atomic mass is 16.2. The van der Waals surface area contributed by atoms with Gasteiger partial charge in [0.15, 0.2) is 5.65 Å². The minimum Gasteiger partial charge on any atom is -0.320 e. The molecule has 1 aliphatic rings. The number of carbonyl (C=O) groups excluding carboxylic acids is 1. The Labute approximate surface area is 204 Å². The Morgan fingerprint density at radius 3 is 2.78 bits per heavy atom. The summed E-state index contributed by atoms with van der Waals surface area (Å²) in [5, 5.41) is 8.10. The molecule has 1 amide bonds. The monoisotopic (exact) mass is 481 g/mol. The van der Waals surface area contributed by atoms with Crippen LogP contribution in [0.4, 0.5) is 5.69 Å². The molecule has 10 heteroatoms. The van der Waals surface area contributed by atoms with Crippen LogP contribution in [-0.4, -0.2) is 35.2 Å². The van der Waals surface area contributed by atoms with E-state index in [4.69, 9.17) is 4.98 Å². The molecule has 0 saturated carbocycles. The Morgan fingerprint density at radius 1 is 1.00 bits per heavy atom. The fourth-order valence-electron chi connectivity index (χ4n) is 4.73. The molecule has 0 fully saturated rings. The van der Waals surface area contributed by atoms with Gasteiger partial charge in [0.05, 0.1) is 34.8 Å². The van der Waals surface area contributed by atoms with Gasteiger partial charge >= 0.3 is 0 Å². The van der Waals surface area contributed by atoms with E-state index in [0.29, 0.717) is 45.4 Å². The van der Waals surface area contributed by atoms with Gasteiger partial charge < -0.3 is 10.3 Å². The number of aryl methyl sites for hydroxylation is 1. The first-order valence-corrected chi connectivity index (χ1v) is 12.0. The van der Waals surface area contributed by atoms with Gasteiger partial charge in [-0.25, -0.2) is 14.6 Å². The van der Waals surface area contributed by atoms with E-state index < -0.39 is 0 Å². The van der Waals surface area contributed by atoms with E-state index in [9.17, 15) is 14.4 Å². The number of hydrogen-bond acceptors (Lipinski definition) is 6. The molecule has 0 saturated heterocycles. The summed E-state index contributed by atoms with van der Waals surface area (Å²) in [4.78, 5) is 50.0. The van der Waals surface area contributed by atoms with Crippen molar-refractivity contribution in [2.45, 2.75) is 38.6 Å². The van der Waals surface area contributed by atoms with Crippen molar-refractivity contribution >= 4 is 33.5 Å². The van der Waals surface area contributed by atoms with E-state index in [0.717, 1.165) is 37.9 Å². The highest BCUT2D eigenvalue weighted by Crippen LogP contribution is 2.23. The highest BCUT2D eigenvalue weighted by molar-refractivity contribution is 6.07. The van der Waals surface area contributed by atoms with E-state index in [1.165, 1.54) is 17.2 Å². The van der Waals surface area contributed by atoms with Crippen LogP contribution in [0.1, 0.15) is 41.9 Å². The summed E-state index contributed by atoms with van der Waals surface area (Å²) >= 11 is 0. The molecule has 0 aliphatic carbocycles. The van der Waals surface area contributed by atoms with Gasteiger partial charge in [-0.15, -0.1) is 0 Å². The molecule has 2 N–H and O–H groups in total. The summed E-state index contributed by atoms with van der Waals surface area (Å²) in [6.07, 6.45) is 7.72. The minimum atomic E-state index is -0.347. The molecular formula is C26H23N7O3. The molecule has 5 aromatic rings. The summed E-state index contributed by atoms with van der Waals surface area (Å²) < 4.78 is 3.30. The Morgan fingerprint density at radius 2 is 1.86 bits per heavy atom. The van der Waals surface area contributed by atoms with Crippen molar-refractivity contribution in [2.24, 2.45) is 0 Å². The van der Waals surface area contributed by atoms with Crippen molar-refractivity contribution in [2.75, 3.05) is 5.32 Å². The van der Waals surface area contributed by atoms with Crippen LogP contribution in [0, 0.1) is 0 Å². The molecule has 0 spiro atoms. The number of benzene rings is 2. The van der Waals surface area contributed by atoms with Gasteiger partial charge in [0.2, 0.25) is 0 Å². The zero-order chi connectivity index (χ0) is 24.6. The Balaban J connectivity index is 1.36. The zero-order valence-electron chi connectivity index (χ0n) is 19.4. The summed E-state index contributed by atoms with van der Waals surface area (Å²) in [7, 11) is 0. The van der Waals surface area contributed by atoms with Gasteiger partial charge in [0.1, 0.15) is 11.2 Å². The number of aromatic amines is 1. The molecule has 36 heavy (non-hydrogen) atoms. The van der Waals surface area contributed by atoms with Crippen LogP contribution in [0.15, 0.2) is 64.6 Å². The third-order valence-corrected chi connectivity index (χ3v) is 6.58. The molecule has 6 rings (SSSR count). The lowest BCUT2D eigenvalue weighted by Gasteiger charge is -2.16. The van der Waals surface area contributed by atoms with E-state index >= 15 is 0 Å². The highest BCUT2D eigenvalue weighted by Gasteiger charge is 2.17. The van der Waals surface area contributed by atoms with Crippen LogP contribution in [0.3, 0.4) is 0 Å². The van der Waals surface area contributed by atoms with Gasteiger partial charge in [0.25, 0.3) is 17.0 Å². The van der Waals surface area contributed by atoms with Crippen molar-refractivity contribution < 1.29 is 4.79 Å². The zero-order valence-corrected chi connectivity index (χ0v) is 19.4. The molecule has 10 nitrogen and oxygen atoms in total. The molecule has 0 radical (unpaired) electrons. The van der Waals surface area contributed by atoms with Gasteiger partial charge in [0, 0.05) is 18.5 Å². The smallest absolute Gasteiger partial charge is 0.261 e. The van der Waals surface area contributed by atoms with E-state index in [-0.39, 0.29) is 17.0 Å². The first kappa shape index (κ1) is 21.9. The lowest BCUT2D eigenvalue weighted by molar-refractivity contribution is 0.102. The van der Waals surface area contributed by atoms with Gasteiger partial charge in [-0.3, -0.25) is 19.0 Å². The Bertz CT molecular complexity index is 1750. The predicted molar refractivity (Wildman–Crippen MR) is 136 cm³/mol. The summed E-state index contributed by atoms with van der Waals surface area (Å²) in [6, 6.07) is 12.1. The number of anilines is 1. The molecule has 4 heterocycles. The summed E-state index contributed by atoms with van der Waals surface area (Å²) in [5.41, 5.74) is 2.02. The summed E-state index contributed by atoms with van der Waals surface area (Å²) in [6.45, 7) is 0.680. The standard InChI is InChI=1S/C26H23N7O3/c34-24(16-10-11-17-20(13-16)30-22-9-3-1-2-6-12-32(22)26(17)36)31-19-7-4-5-8-21(19)33-23-18(14-29-33)25(35)28-15-27-23/h4-5,7-8,10-11,13-15H,1-3,6,9,12H2,(H,31,34)(H,27,28,35). The molecular weight excluding hydrogens is 458 g/mol. The van der Waals surface area contributed by atoms with E-state index in [1.54, 1.807) is 41.0 Å². The first-order valence-electron chi connectivity index (χ1n) is 12.0. The van der Waals surface area contributed by atoms with Gasteiger partial charge in [-0.1, -0.05) is 25.0 Å². The van der Waals surface area contributed by atoms with E-state index in [2.05, 4.69) is 20.4 Å². The lowest BCUT2D eigenvalue weighted by Crippen LogP contribution is -2.26. The molecule has 2 aromatic carbocycles. The van der Waals surface area contributed by atoms with Gasteiger partial charge in [-0.05, 0) is 43.2 Å². The predicted octanol–water partition coefficient (Wildman–Crippen LogP) is 3.19. The van der Waals surface area contributed by atoms with Crippen molar-refractivity contribution in [3.05, 3.63) is 87.1 Å². The molecule has 3 aromatic heterocycles. The normalized spacial score (nSPS) is 13.8. The number of H-pyrrole nitrogens is 1. The fraction of sp³-hybridized carbons (Fsp3) is 0.231. The first-order chi connectivity index (χ1) is 17.6. The maximum Gasteiger partial charge on any atom is 0.261 e. The number of aromatic nitrogens is 6. The number of amides is 1. The molecule has 0 bridgehead atoms. The minimum absolute atomic E-state index is 0.0535. The van der Waals surface area contributed by atoms with Crippen molar-refractivity contribution in [3.8, 4) is 5.69 Å². The number of nitrogens with one attached hydrogen (secondary N) is 2. The quantitative estimate of drug-likeness (QED) is 0.407. The van der Waals surface area contributed by atoms with Crippen molar-refractivity contribution in [3.63, 3.8) is 0 Å². The van der Waals surface area contributed by atoms with Crippen molar-refractivity contribution in [1.29, 1.82) is 0 Å². The van der Waals surface area contributed by atoms with Crippen LogP contribution in [0.25, 0.3) is 27.6 Å². The molecule has 0 unspecified atom stereocenters. The largest absolute Gasteiger partial charge is 0.320 e. The van der Waals surface area contributed by atoms with Crippen molar-refractivity contribution in [1.82, 2.24) is 29.3 Å². The number of rotatable bonds is 3. The molecule has 1 aliphatic heterocycles. The van der Waals surface area contributed by atoms with E-state index in [1.807, 2.05) is 6.07 Å². The second-order valence-corrected chi connectivity index (χ2v) is 8.88. The maximum absolute atomic E-state index is 13.2. The number of hydrogen-bond donors (Lipinski definition) is 2. The second-order valence-electron chi connectivity index (χ2n) is 8.88. The third kappa shape index (κ3) is 3.76. The van der Waals surface area contributed by atoms with Crippen LogP contribution in [0.2, 0.25) is 0 Å². The van der Waals surface area contributed by atoms with Gasteiger partial charge in [-0.2, -0.15) is 5.10 Å². The third-order valence-electron chi connectivity index (χ3n) is 6.58. The lowest BCUT2D eigenvalue weighted by atomic mass is 10.1. The average Bonchev–Trinajstić information content (AvgIpc) is 3.31. The number of para-hydroxylation sites is 2. The SMILES string of the molecule is O=C(Nc1ccccc1-n1ncc2c(=O)[nH]cnc21)c1ccc2c(=O)n3c(nc2c1)CCCCCC3.